The summed E-state index contributed by atoms with van der Waals surface area (Å²) in [7, 11) is 0. The Bertz CT molecular complexity index is 1220. The summed E-state index contributed by atoms with van der Waals surface area (Å²) in [6.45, 7) is 0. The van der Waals surface area contributed by atoms with Crippen LogP contribution in [0.3, 0.4) is 0 Å². The molecule has 1 heterocycles. The second-order valence-electron chi connectivity index (χ2n) is 8.81. The first kappa shape index (κ1) is 31.1. The Morgan fingerprint density at radius 2 is 1.49 bits per heavy atom. The predicted molar refractivity (Wildman–Crippen MR) is 144 cm³/mol. The number of hydrogen-bond donors (Lipinski definition) is 8. The number of para-hydroxylation sites is 1. The quantitative estimate of drug-likeness (QED) is 0.113. The van der Waals surface area contributed by atoms with Crippen LogP contribution < -0.4 is 33.2 Å². The second-order valence-corrected chi connectivity index (χ2v) is 9.80. The van der Waals surface area contributed by atoms with Crippen molar-refractivity contribution in [2.45, 2.75) is 49.9 Å². The number of rotatable bonds is 16. The van der Waals surface area contributed by atoms with Crippen LogP contribution in [0.2, 0.25) is 0 Å². The summed E-state index contributed by atoms with van der Waals surface area (Å²) in [6, 6.07) is 1.93. The molecule has 39 heavy (non-hydrogen) atoms. The van der Waals surface area contributed by atoms with E-state index in [4.69, 9.17) is 17.2 Å². The van der Waals surface area contributed by atoms with Gasteiger partial charge in [0.25, 0.3) is 0 Å². The number of aromatic nitrogens is 1. The molecule has 2 aromatic rings. The fourth-order valence-corrected chi connectivity index (χ4v) is 4.24. The normalized spacial score (nSPS) is 14.0. The van der Waals surface area contributed by atoms with Gasteiger partial charge in [-0.3, -0.25) is 24.0 Å². The number of aromatic amines is 1. The Kier molecular flexibility index (Phi) is 11.7. The van der Waals surface area contributed by atoms with Gasteiger partial charge in [0.1, 0.15) is 18.1 Å². The number of fused-ring (bicyclic) bond motifs is 1. The van der Waals surface area contributed by atoms with Crippen molar-refractivity contribution in [2.75, 3.05) is 12.0 Å². The van der Waals surface area contributed by atoms with E-state index < -0.39 is 72.5 Å². The fourth-order valence-electron chi connectivity index (χ4n) is 3.77. The SMILES string of the molecule is CSCCC(NC(=O)C(CC(N)=O)NC(=O)C(N)CC(N)=O)C(=O)NC(Cc1c[nH]c2ccccc12)C(=O)O. The van der Waals surface area contributed by atoms with Gasteiger partial charge in [0.05, 0.1) is 18.9 Å². The van der Waals surface area contributed by atoms with Gasteiger partial charge < -0.3 is 43.2 Å². The Morgan fingerprint density at radius 1 is 0.897 bits per heavy atom. The number of carboxylic acid groups (broad SMARTS) is 1. The van der Waals surface area contributed by atoms with Gasteiger partial charge in [-0.25, -0.2) is 4.79 Å². The van der Waals surface area contributed by atoms with Crippen LogP contribution >= 0.6 is 11.8 Å². The van der Waals surface area contributed by atoms with Crippen LogP contribution in [0.5, 0.6) is 0 Å². The number of carboxylic acids is 1. The molecule has 0 aliphatic rings. The number of thioether (sulfide) groups is 1. The van der Waals surface area contributed by atoms with Crippen LogP contribution in [0.1, 0.15) is 24.8 Å². The maximum Gasteiger partial charge on any atom is 0.326 e. The van der Waals surface area contributed by atoms with Crippen molar-refractivity contribution < 1.29 is 33.9 Å². The van der Waals surface area contributed by atoms with Crippen molar-refractivity contribution in [1.82, 2.24) is 20.9 Å². The maximum atomic E-state index is 13.1. The number of amides is 5. The van der Waals surface area contributed by atoms with Crippen molar-refractivity contribution in [3.63, 3.8) is 0 Å². The molecule has 0 saturated carbocycles. The molecule has 1 aromatic heterocycles. The molecule has 5 amide bonds. The summed E-state index contributed by atoms with van der Waals surface area (Å²) in [5.74, 6) is -5.22. The van der Waals surface area contributed by atoms with Crippen LogP contribution in [0.15, 0.2) is 30.5 Å². The van der Waals surface area contributed by atoms with E-state index in [2.05, 4.69) is 20.9 Å². The zero-order chi connectivity index (χ0) is 29.1. The highest BCUT2D eigenvalue weighted by Gasteiger charge is 2.31. The van der Waals surface area contributed by atoms with Crippen molar-refractivity contribution in [2.24, 2.45) is 17.2 Å². The average molecular weight is 564 g/mol. The molecule has 0 saturated heterocycles. The molecule has 0 radical (unpaired) electrons. The zero-order valence-corrected chi connectivity index (χ0v) is 22.1. The summed E-state index contributed by atoms with van der Waals surface area (Å²) >= 11 is 1.39. The van der Waals surface area contributed by atoms with E-state index >= 15 is 0 Å². The molecule has 212 valence electrons. The van der Waals surface area contributed by atoms with Crippen LogP contribution in [0.25, 0.3) is 10.9 Å². The Hall–Kier alpha value is -4.11. The highest BCUT2D eigenvalue weighted by atomic mass is 32.2. The van der Waals surface area contributed by atoms with Crippen LogP contribution in [-0.2, 0) is 35.2 Å². The Labute approximate surface area is 228 Å². The number of nitrogens with two attached hydrogens (primary N) is 3. The number of H-pyrrole nitrogens is 1. The van der Waals surface area contributed by atoms with Crippen LogP contribution in [-0.4, -0.2) is 81.8 Å². The third-order valence-corrected chi connectivity index (χ3v) is 6.40. The molecule has 14 nitrogen and oxygen atoms in total. The van der Waals surface area contributed by atoms with Crippen LogP contribution in [0, 0.1) is 0 Å². The fraction of sp³-hybridized carbons (Fsp3) is 0.417. The monoisotopic (exact) mass is 563 g/mol. The summed E-state index contributed by atoms with van der Waals surface area (Å²) in [4.78, 5) is 76.0. The summed E-state index contributed by atoms with van der Waals surface area (Å²) < 4.78 is 0. The van der Waals surface area contributed by atoms with E-state index in [9.17, 15) is 33.9 Å². The first-order valence-corrected chi connectivity index (χ1v) is 13.3. The number of primary amides is 2. The zero-order valence-electron chi connectivity index (χ0n) is 21.3. The number of carbonyl (C=O) groups excluding carboxylic acids is 5. The molecule has 0 aliphatic carbocycles. The lowest BCUT2D eigenvalue weighted by molar-refractivity contribution is -0.142. The van der Waals surface area contributed by atoms with Gasteiger partial charge in [0.15, 0.2) is 0 Å². The van der Waals surface area contributed by atoms with Gasteiger partial charge in [-0.15, -0.1) is 0 Å². The summed E-state index contributed by atoms with van der Waals surface area (Å²) in [5, 5.41) is 17.7. The van der Waals surface area contributed by atoms with Crippen molar-refractivity contribution in [3.8, 4) is 0 Å². The molecule has 4 unspecified atom stereocenters. The molecule has 4 atom stereocenters. The number of nitrogens with one attached hydrogen (secondary N) is 4. The number of carbonyl (C=O) groups is 6. The maximum absolute atomic E-state index is 13.1. The smallest absolute Gasteiger partial charge is 0.326 e. The minimum Gasteiger partial charge on any atom is -0.480 e. The lowest BCUT2D eigenvalue weighted by Gasteiger charge is -2.24. The van der Waals surface area contributed by atoms with Gasteiger partial charge in [0, 0.05) is 23.5 Å². The molecule has 0 fully saturated rings. The summed E-state index contributed by atoms with van der Waals surface area (Å²) in [5.41, 5.74) is 17.3. The molecular formula is C24H33N7O7S. The third-order valence-electron chi connectivity index (χ3n) is 5.75. The van der Waals surface area contributed by atoms with Crippen molar-refractivity contribution in [3.05, 3.63) is 36.0 Å². The number of benzene rings is 1. The Morgan fingerprint density at radius 3 is 2.10 bits per heavy atom. The van der Waals surface area contributed by atoms with E-state index in [0.29, 0.717) is 11.3 Å². The molecular weight excluding hydrogens is 530 g/mol. The molecule has 15 heteroatoms. The lowest BCUT2D eigenvalue weighted by atomic mass is 10.0. The first-order chi connectivity index (χ1) is 18.4. The van der Waals surface area contributed by atoms with Crippen LogP contribution in [0.4, 0.5) is 0 Å². The van der Waals surface area contributed by atoms with Gasteiger partial charge in [-0.2, -0.15) is 11.8 Å². The molecule has 0 aliphatic heterocycles. The predicted octanol–water partition coefficient (Wildman–Crippen LogP) is -1.92. The highest BCUT2D eigenvalue weighted by Crippen LogP contribution is 2.19. The van der Waals surface area contributed by atoms with Gasteiger partial charge in [-0.1, -0.05) is 18.2 Å². The molecule has 2 rings (SSSR count). The molecule has 1 aromatic carbocycles. The molecule has 11 N–H and O–H groups in total. The van der Waals surface area contributed by atoms with Crippen molar-refractivity contribution in [1.29, 1.82) is 0 Å². The number of aliphatic carboxylic acids is 1. The standard InChI is InChI=1S/C24H33N7O7S/c1-39-7-6-16(29-23(36)17(10-20(27)33)30-21(34)14(25)9-19(26)32)22(35)31-18(24(37)38)8-12-11-28-15-5-3-2-4-13(12)15/h2-5,11,14,16-18,28H,6-10,25H2,1H3,(H2,26,32)(H2,27,33)(H,29,36)(H,30,34)(H,31,35)(H,37,38). The average Bonchev–Trinajstić information content (AvgIpc) is 3.27. The van der Waals surface area contributed by atoms with E-state index in [0.717, 1.165) is 10.9 Å². The minimum atomic E-state index is -1.50. The first-order valence-electron chi connectivity index (χ1n) is 11.9. The van der Waals surface area contributed by atoms with Gasteiger partial charge in [0.2, 0.25) is 29.5 Å². The van der Waals surface area contributed by atoms with Gasteiger partial charge in [-0.05, 0) is 30.1 Å². The van der Waals surface area contributed by atoms with E-state index in [1.54, 1.807) is 12.5 Å². The lowest BCUT2D eigenvalue weighted by Crippen LogP contribution is -2.58. The van der Waals surface area contributed by atoms with E-state index in [1.165, 1.54) is 11.8 Å². The van der Waals surface area contributed by atoms with E-state index in [1.807, 2.05) is 24.3 Å². The second kappa shape index (κ2) is 14.7. The van der Waals surface area contributed by atoms with E-state index in [-0.39, 0.29) is 12.8 Å². The highest BCUT2D eigenvalue weighted by molar-refractivity contribution is 7.98. The molecule has 0 bridgehead atoms. The molecule has 0 spiro atoms. The largest absolute Gasteiger partial charge is 0.480 e. The number of hydrogen-bond acceptors (Lipinski definition) is 8. The minimum absolute atomic E-state index is 0.0214. The van der Waals surface area contributed by atoms with Gasteiger partial charge >= 0.3 is 5.97 Å². The third kappa shape index (κ3) is 9.61. The Balaban J connectivity index is 2.17. The van der Waals surface area contributed by atoms with Crippen molar-refractivity contribution >= 4 is 58.2 Å². The summed E-state index contributed by atoms with van der Waals surface area (Å²) in [6.07, 6.45) is 2.44. The topological polar surface area (TPSA) is 253 Å².